The van der Waals surface area contributed by atoms with Crippen molar-refractivity contribution in [2.24, 2.45) is 5.92 Å². The van der Waals surface area contributed by atoms with Gasteiger partial charge in [-0.15, -0.1) is 0 Å². The molecule has 0 aromatic rings. The molecular formula is C16H32N2O. The molecule has 3 nitrogen and oxygen atoms in total. The van der Waals surface area contributed by atoms with Crippen molar-refractivity contribution in [2.75, 3.05) is 32.8 Å². The third-order valence-corrected chi connectivity index (χ3v) is 4.62. The van der Waals surface area contributed by atoms with Crippen molar-refractivity contribution in [3.63, 3.8) is 0 Å². The normalized spacial score (nSPS) is 30.5. The zero-order valence-corrected chi connectivity index (χ0v) is 12.9. The number of hydrogen-bond acceptors (Lipinski definition) is 3. The third kappa shape index (κ3) is 5.41. The maximum Gasteiger partial charge on any atom is 0.0612 e. The van der Waals surface area contributed by atoms with Gasteiger partial charge in [0.25, 0.3) is 0 Å². The van der Waals surface area contributed by atoms with Gasteiger partial charge in [-0.1, -0.05) is 26.7 Å². The highest BCUT2D eigenvalue weighted by Crippen LogP contribution is 2.20. The summed E-state index contributed by atoms with van der Waals surface area (Å²) in [5.74, 6) is 0.648. The lowest BCUT2D eigenvalue weighted by atomic mass is 9.95. The summed E-state index contributed by atoms with van der Waals surface area (Å²) < 4.78 is 5.83. The quantitative estimate of drug-likeness (QED) is 0.829. The number of hydrogen-bond donors (Lipinski definition) is 1. The van der Waals surface area contributed by atoms with E-state index in [9.17, 15) is 0 Å². The summed E-state index contributed by atoms with van der Waals surface area (Å²) in [6, 6.07) is 0.674. The maximum absolute atomic E-state index is 5.83. The van der Waals surface area contributed by atoms with Crippen LogP contribution < -0.4 is 5.32 Å². The van der Waals surface area contributed by atoms with E-state index in [2.05, 4.69) is 24.1 Å². The van der Waals surface area contributed by atoms with Crippen molar-refractivity contribution < 1.29 is 4.74 Å². The van der Waals surface area contributed by atoms with Crippen LogP contribution in [0.1, 0.15) is 52.4 Å². The van der Waals surface area contributed by atoms with Crippen LogP contribution >= 0.6 is 0 Å². The fourth-order valence-corrected chi connectivity index (χ4v) is 3.26. The average molecular weight is 268 g/mol. The summed E-state index contributed by atoms with van der Waals surface area (Å²) in [6.07, 6.45) is 8.49. The summed E-state index contributed by atoms with van der Waals surface area (Å²) in [6.45, 7) is 10.5. The molecule has 2 aliphatic rings. The minimum atomic E-state index is 0.462. The van der Waals surface area contributed by atoms with Crippen LogP contribution in [-0.4, -0.2) is 49.8 Å². The molecule has 0 spiro atoms. The van der Waals surface area contributed by atoms with Gasteiger partial charge < -0.3 is 15.0 Å². The van der Waals surface area contributed by atoms with Crippen LogP contribution in [0.15, 0.2) is 0 Å². The topological polar surface area (TPSA) is 24.5 Å². The monoisotopic (exact) mass is 268 g/mol. The minimum absolute atomic E-state index is 0.462. The molecular weight excluding hydrogens is 236 g/mol. The molecule has 2 aliphatic heterocycles. The molecule has 0 amide bonds. The second kappa shape index (κ2) is 8.23. The summed E-state index contributed by atoms with van der Waals surface area (Å²) in [4.78, 5) is 2.64. The van der Waals surface area contributed by atoms with Gasteiger partial charge in [0.15, 0.2) is 0 Å². The molecule has 0 bridgehead atoms. The Morgan fingerprint density at radius 3 is 2.58 bits per heavy atom. The van der Waals surface area contributed by atoms with E-state index < -0.39 is 0 Å². The number of likely N-dealkylation sites (tertiary alicyclic amines) is 1. The molecule has 0 saturated carbocycles. The number of nitrogens with one attached hydrogen (secondary N) is 1. The predicted octanol–water partition coefficient (Wildman–Crippen LogP) is 2.66. The van der Waals surface area contributed by atoms with Crippen molar-refractivity contribution in [3.05, 3.63) is 0 Å². The summed E-state index contributed by atoms with van der Waals surface area (Å²) in [7, 11) is 0. The van der Waals surface area contributed by atoms with Crippen LogP contribution in [0.2, 0.25) is 0 Å². The Morgan fingerprint density at radius 1 is 1.16 bits per heavy atom. The lowest BCUT2D eigenvalue weighted by Crippen LogP contribution is -2.43. The predicted molar refractivity (Wildman–Crippen MR) is 80.5 cm³/mol. The molecule has 2 fully saturated rings. The van der Waals surface area contributed by atoms with Gasteiger partial charge in [0.05, 0.1) is 6.10 Å². The van der Waals surface area contributed by atoms with Crippen LogP contribution in [0.25, 0.3) is 0 Å². The highest BCUT2D eigenvalue weighted by molar-refractivity contribution is 4.79. The van der Waals surface area contributed by atoms with Gasteiger partial charge in [-0.25, -0.2) is 0 Å². The fourth-order valence-electron chi connectivity index (χ4n) is 3.26. The van der Waals surface area contributed by atoms with E-state index in [0.717, 1.165) is 13.2 Å². The lowest BCUT2D eigenvalue weighted by molar-refractivity contribution is -0.0244. The first kappa shape index (κ1) is 15.3. The largest absolute Gasteiger partial charge is 0.378 e. The first-order valence-electron chi connectivity index (χ1n) is 8.33. The van der Waals surface area contributed by atoms with E-state index in [1.165, 1.54) is 58.2 Å². The van der Waals surface area contributed by atoms with Crippen molar-refractivity contribution in [2.45, 2.75) is 64.5 Å². The Bertz CT molecular complexity index is 237. The molecule has 1 N–H and O–H groups in total. The van der Waals surface area contributed by atoms with Gasteiger partial charge in [-0.2, -0.15) is 0 Å². The van der Waals surface area contributed by atoms with Crippen molar-refractivity contribution >= 4 is 0 Å². The van der Waals surface area contributed by atoms with E-state index in [1.54, 1.807) is 0 Å². The van der Waals surface area contributed by atoms with Gasteiger partial charge in [-0.05, 0) is 44.7 Å². The zero-order chi connectivity index (χ0) is 13.5. The van der Waals surface area contributed by atoms with Gasteiger partial charge in [-0.3, -0.25) is 0 Å². The summed E-state index contributed by atoms with van der Waals surface area (Å²) >= 11 is 0. The van der Waals surface area contributed by atoms with Crippen LogP contribution in [-0.2, 0) is 4.74 Å². The van der Waals surface area contributed by atoms with Crippen molar-refractivity contribution in [3.8, 4) is 0 Å². The third-order valence-electron chi connectivity index (χ3n) is 4.62. The Morgan fingerprint density at radius 2 is 1.89 bits per heavy atom. The van der Waals surface area contributed by atoms with Crippen molar-refractivity contribution in [1.29, 1.82) is 0 Å². The Labute approximate surface area is 119 Å². The summed E-state index contributed by atoms with van der Waals surface area (Å²) in [5, 5.41) is 3.75. The highest BCUT2D eigenvalue weighted by atomic mass is 16.5. The zero-order valence-electron chi connectivity index (χ0n) is 12.9. The van der Waals surface area contributed by atoms with Crippen LogP contribution in [0.5, 0.6) is 0 Å². The fraction of sp³-hybridized carbons (Fsp3) is 1.00. The molecule has 112 valence electrons. The Kier molecular flexibility index (Phi) is 6.62. The smallest absolute Gasteiger partial charge is 0.0612 e. The SMILES string of the molecule is CC(C)C1CC(NCCN2CCCCCC2)CCO1. The van der Waals surface area contributed by atoms with Crippen LogP contribution in [0.4, 0.5) is 0 Å². The van der Waals surface area contributed by atoms with Crippen LogP contribution in [0.3, 0.4) is 0 Å². The summed E-state index contributed by atoms with van der Waals surface area (Å²) in [5.41, 5.74) is 0. The average Bonchev–Trinajstić information content (AvgIpc) is 2.68. The van der Waals surface area contributed by atoms with Gasteiger partial charge >= 0.3 is 0 Å². The van der Waals surface area contributed by atoms with E-state index >= 15 is 0 Å². The van der Waals surface area contributed by atoms with E-state index in [0.29, 0.717) is 18.1 Å². The molecule has 19 heavy (non-hydrogen) atoms. The highest BCUT2D eigenvalue weighted by Gasteiger charge is 2.24. The Hall–Kier alpha value is -0.120. The van der Waals surface area contributed by atoms with Gasteiger partial charge in [0.1, 0.15) is 0 Å². The lowest BCUT2D eigenvalue weighted by Gasteiger charge is -2.33. The second-order valence-electron chi connectivity index (χ2n) is 6.58. The minimum Gasteiger partial charge on any atom is -0.378 e. The Balaban J connectivity index is 1.61. The molecule has 0 aromatic carbocycles. The molecule has 0 aliphatic carbocycles. The molecule has 2 atom stereocenters. The number of ether oxygens (including phenoxy) is 1. The van der Waals surface area contributed by atoms with Crippen LogP contribution in [0, 0.1) is 5.92 Å². The standard InChI is InChI=1S/C16H32N2O/c1-14(2)16-13-15(7-12-19-16)17-8-11-18-9-5-3-4-6-10-18/h14-17H,3-13H2,1-2H3. The molecule has 2 saturated heterocycles. The number of nitrogens with zero attached hydrogens (tertiary/aromatic N) is 1. The maximum atomic E-state index is 5.83. The van der Waals surface area contributed by atoms with E-state index in [4.69, 9.17) is 4.74 Å². The molecule has 3 heteroatoms. The van der Waals surface area contributed by atoms with Gasteiger partial charge in [0, 0.05) is 25.7 Å². The van der Waals surface area contributed by atoms with Crippen molar-refractivity contribution in [1.82, 2.24) is 10.2 Å². The molecule has 0 radical (unpaired) electrons. The molecule has 0 aromatic heterocycles. The van der Waals surface area contributed by atoms with Gasteiger partial charge in [0.2, 0.25) is 0 Å². The number of rotatable bonds is 5. The van der Waals surface area contributed by atoms with E-state index in [-0.39, 0.29) is 0 Å². The molecule has 2 unspecified atom stereocenters. The second-order valence-corrected chi connectivity index (χ2v) is 6.58. The van der Waals surface area contributed by atoms with E-state index in [1.807, 2.05) is 0 Å². The first-order valence-corrected chi connectivity index (χ1v) is 8.33. The molecule has 2 rings (SSSR count). The first-order chi connectivity index (χ1) is 9.25. The molecule has 2 heterocycles.